The van der Waals surface area contributed by atoms with Crippen molar-refractivity contribution in [3.63, 3.8) is 0 Å². The second kappa shape index (κ2) is 7.28. The molecule has 1 aliphatic rings. The maximum Gasteiger partial charge on any atom is 0.0593 e. The molecule has 0 saturated carbocycles. The molecule has 0 spiro atoms. The molecule has 2 unspecified atom stereocenters. The van der Waals surface area contributed by atoms with E-state index in [2.05, 4.69) is 67.2 Å². The van der Waals surface area contributed by atoms with Crippen LogP contribution in [-0.4, -0.2) is 12.8 Å². The zero-order valence-corrected chi connectivity index (χ0v) is 12.9. The number of hydrogen-bond donors (Lipinski definition) is 0. The second-order valence-electron chi connectivity index (χ2n) is 5.71. The maximum atomic E-state index is 4.66. The highest BCUT2D eigenvalue weighted by atomic mass is 15.1. The Hall–Kier alpha value is -1.57. The fourth-order valence-corrected chi connectivity index (χ4v) is 2.64. The Morgan fingerprint density at radius 3 is 2.55 bits per heavy atom. The number of allylic oxidation sites excluding steroid dienone is 1. The number of para-hydroxylation sites is 1. The summed E-state index contributed by atoms with van der Waals surface area (Å²) in [6.07, 6.45) is 7.93. The average molecular weight is 270 g/mol. The molecule has 1 aromatic carbocycles. The first-order valence-corrected chi connectivity index (χ1v) is 7.80. The number of benzene rings is 1. The van der Waals surface area contributed by atoms with Gasteiger partial charge in [0.05, 0.1) is 12.2 Å². The lowest BCUT2D eigenvalue weighted by Gasteiger charge is -2.27. The molecular formula is C18H26N2. The molecule has 2 rings (SSSR count). The molecule has 0 amide bonds. The maximum absolute atomic E-state index is 4.66. The van der Waals surface area contributed by atoms with Crippen molar-refractivity contribution < 1.29 is 0 Å². The molecule has 0 aliphatic carbocycles. The van der Waals surface area contributed by atoms with Crippen molar-refractivity contribution in [2.24, 2.45) is 16.8 Å². The topological polar surface area (TPSA) is 15.6 Å². The Morgan fingerprint density at radius 2 is 1.90 bits per heavy atom. The van der Waals surface area contributed by atoms with Gasteiger partial charge >= 0.3 is 0 Å². The second-order valence-corrected chi connectivity index (χ2v) is 5.71. The molecule has 108 valence electrons. The zero-order valence-electron chi connectivity index (χ0n) is 12.9. The lowest BCUT2D eigenvalue weighted by Crippen LogP contribution is -2.24. The molecule has 0 aromatic heterocycles. The van der Waals surface area contributed by atoms with E-state index >= 15 is 0 Å². The van der Waals surface area contributed by atoms with E-state index in [9.17, 15) is 0 Å². The number of anilines is 1. The first-order chi connectivity index (χ1) is 9.74. The van der Waals surface area contributed by atoms with Gasteiger partial charge in [0.1, 0.15) is 0 Å². The Balaban J connectivity index is 2.13. The van der Waals surface area contributed by atoms with Crippen LogP contribution in [0.5, 0.6) is 0 Å². The van der Waals surface area contributed by atoms with Crippen molar-refractivity contribution in [2.75, 3.05) is 11.4 Å². The monoisotopic (exact) mass is 270 g/mol. The van der Waals surface area contributed by atoms with Gasteiger partial charge in [-0.1, -0.05) is 45.4 Å². The van der Waals surface area contributed by atoms with Crippen molar-refractivity contribution in [1.82, 2.24) is 0 Å². The highest BCUT2D eigenvalue weighted by Crippen LogP contribution is 2.28. The summed E-state index contributed by atoms with van der Waals surface area (Å²) < 4.78 is 0. The Kier molecular flexibility index (Phi) is 5.40. The fourth-order valence-electron chi connectivity index (χ4n) is 2.64. The molecule has 1 heterocycles. The van der Waals surface area contributed by atoms with Crippen molar-refractivity contribution in [3.8, 4) is 0 Å². The first-order valence-electron chi connectivity index (χ1n) is 7.80. The van der Waals surface area contributed by atoms with Gasteiger partial charge in [0.2, 0.25) is 0 Å². The van der Waals surface area contributed by atoms with E-state index in [1.165, 1.54) is 24.2 Å². The minimum absolute atomic E-state index is 0.577. The van der Waals surface area contributed by atoms with Gasteiger partial charge < -0.3 is 4.90 Å². The van der Waals surface area contributed by atoms with E-state index in [1.807, 2.05) is 6.21 Å². The van der Waals surface area contributed by atoms with Crippen LogP contribution in [0.4, 0.5) is 5.69 Å². The minimum atomic E-state index is 0.577. The van der Waals surface area contributed by atoms with E-state index in [1.54, 1.807) is 0 Å². The van der Waals surface area contributed by atoms with Crippen LogP contribution in [0.3, 0.4) is 0 Å². The molecule has 0 bridgehead atoms. The van der Waals surface area contributed by atoms with Crippen molar-refractivity contribution >= 4 is 11.9 Å². The molecule has 2 atom stereocenters. The molecule has 1 aliphatic heterocycles. The van der Waals surface area contributed by atoms with Crippen LogP contribution in [0.25, 0.3) is 0 Å². The molecular weight excluding hydrogens is 244 g/mol. The SMILES string of the molecule is CCC(C)CC(CC)C1=CN(c2ccccc2)CC=N1. The third-order valence-electron chi connectivity index (χ3n) is 4.19. The minimum Gasteiger partial charge on any atom is -0.341 e. The Morgan fingerprint density at radius 1 is 1.15 bits per heavy atom. The zero-order chi connectivity index (χ0) is 14.4. The van der Waals surface area contributed by atoms with Gasteiger partial charge in [0, 0.05) is 24.0 Å². The molecule has 2 heteroatoms. The summed E-state index contributed by atoms with van der Waals surface area (Å²) in [5.74, 6) is 1.34. The normalized spacial score (nSPS) is 17.8. The van der Waals surface area contributed by atoms with Crippen LogP contribution in [-0.2, 0) is 0 Å². The molecule has 2 nitrogen and oxygen atoms in total. The predicted octanol–water partition coefficient (Wildman–Crippen LogP) is 4.88. The smallest absolute Gasteiger partial charge is 0.0593 e. The van der Waals surface area contributed by atoms with E-state index in [0.29, 0.717) is 5.92 Å². The van der Waals surface area contributed by atoms with Crippen LogP contribution in [0, 0.1) is 11.8 Å². The van der Waals surface area contributed by atoms with Gasteiger partial charge in [-0.05, 0) is 30.9 Å². The molecule has 0 radical (unpaired) electrons. The van der Waals surface area contributed by atoms with E-state index in [-0.39, 0.29) is 0 Å². The van der Waals surface area contributed by atoms with Gasteiger partial charge in [-0.25, -0.2) is 0 Å². The number of nitrogens with zero attached hydrogens (tertiary/aromatic N) is 2. The largest absolute Gasteiger partial charge is 0.341 e. The molecule has 1 aromatic rings. The molecule has 20 heavy (non-hydrogen) atoms. The highest BCUT2D eigenvalue weighted by molar-refractivity contribution is 5.70. The summed E-state index contributed by atoms with van der Waals surface area (Å²) in [7, 11) is 0. The summed E-state index contributed by atoms with van der Waals surface area (Å²) in [5.41, 5.74) is 2.48. The Bertz CT molecular complexity index is 462. The van der Waals surface area contributed by atoms with Gasteiger partial charge in [-0.2, -0.15) is 0 Å². The third kappa shape index (κ3) is 3.72. The van der Waals surface area contributed by atoms with E-state index in [0.717, 1.165) is 18.9 Å². The van der Waals surface area contributed by atoms with Crippen LogP contribution >= 0.6 is 0 Å². The molecule has 0 N–H and O–H groups in total. The van der Waals surface area contributed by atoms with Gasteiger partial charge in [-0.15, -0.1) is 0 Å². The van der Waals surface area contributed by atoms with E-state index in [4.69, 9.17) is 0 Å². The summed E-state index contributed by atoms with van der Waals surface area (Å²) in [6, 6.07) is 10.5. The lowest BCUT2D eigenvalue weighted by molar-refractivity contribution is 0.410. The quantitative estimate of drug-likeness (QED) is 0.719. The lowest BCUT2D eigenvalue weighted by atomic mass is 9.89. The molecule has 0 fully saturated rings. The number of aliphatic imine (C=N–C) groups is 1. The van der Waals surface area contributed by atoms with Crippen molar-refractivity contribution in [3.05, 3.63) is 42.2 Å². The molecule has 0 saturated heterocycles. The summed E-state index contributed by atoms with van der Waals surface area (Å²) in [6.45, 7) is 7.75. The fraction of sp³-hybridized carbons (Fsp3) is 0.500. The predicted molar refractivity (Wildman–Crippen MR) is 88.2 cm³/mol. The van der Waals surface area contributed by atoms with Gasteiger partial charge in [-0.3, -0.25) is 4.99 Å². The van der Waals surface area contributed by atoms with Crippen molar-refractivity contribution in [1.29, 1.82) is 0 Å². The average Bonchev–Trinajstić information content (AvgIpc) is 2.53. The third-order valence-corrected chi connectivity index (χ3v) is 4.19. The van der Waals surface area contributed by atoms with Crippen LogP contribution in [0.15, 0.2) is 47.2 Å². The Labute approximate surface area is 123 Å². The van der Waals surface area contributed by atoms with E-state index < -0.39 is 0 Å². The summed E-state index contributed by atoms with van der Waals surface area (Å²) >= 11 is 0. The highest BCUT2D eigenvalue weighted by Gasteiger charge is 2.18. The summed E-state index contributed by atoms with van der Waals surface area (Å²) in [5, 5.41) is 0. The van der Waals surface area contributed by atoms with Crippen LogP contribution in [0.1, 0.15) is 40.0 Å². The van der Waals surface area contributed by atoms with Gasteiger partial charge in [0.15, 0.2) is 0 Å². The van der Waals surface area contributed by atoms with Gasteiger partial charge in [0.25, 0.3) is 0 Å². The van der Waals surface area contributed by atoms with Crippen LogP contribution in [0.2, 0.25) is 0 Å². The summed E-state index contributed by atoms with van der Waals surface area (Å²) in [4.78, 5) is 6.95. The first kappa shape index (κ1) is 14.8. The standard InChI is InChI=1S/C18H26N2/c1-4-15(3)13-16(5-2)18-14-20(12-11-19-18)17-9-7-6-8-10-17/h6-11,14-16H,4-5,12-13H2,1-3H3. The van der Waals surface area contributed by atoms with Crippen LogP contribution < -0.4 is 4.90 Å². The number of rotatable bonds is 6. The van der Waals surface area contributed by atoms with Crippen molar-refractivity contribution in [2.45, 2.75) is 40.0 Å². The number of hydrogen-bond acceptors (Lipinski definition) is 2.